The average molecular weight is 361 g/mol. The minimum atomic E-state index is -0.545. The van der Waals surface area contributed by atoms with Crippen LogP contribution < -0.4 is 15.4 Å². The molecule has 0 spiro atoms. The lowest BCUT2D eigenvalue weighted by molar-refractivity contribution is -0.149. The number of urea groups is 1. The van der Waals surface area contributed by atoms with Gasteiger partial charge in [-0.3, -0.25) is 9.59 Å². The lowest BCUT2D eigenvalue weighted by Crippen LogP contribution is -2.44. The largest absolute Gasteiger partial charge is 0.479 e. The topological polar surface area (TPSA) is 97.0 Å². The fourth-order valence-corrected chi connectivity index (χ4v) is 3.10. The molecule has 0 radical (unpaired) electrons. The van der Waals surface area contributed by atoms with E-state index in [4.69, 9.17) is 9.47 Å². The van der Waals surface area contributed by atoms with Gasteiger partial charge in [0.25, 0.3) is 5.91 Å². The van der Waals surface area contributed by atoms with Crippen molar-refractivity contribution < 1.29 is 23.9 Å². The predicted molar refractivity (Wildman–Crippen MR) is 95.1 cm³/mol. The number of piperidine rings is 1. The van der Waals surface area contributed by atoms with Gasteiger partial charge in [-0.15, -0.1) is 0 Å². The van der Waals surface area contributed by atoms with Gasteiger partial charge in [0.05, 0.1) is 18.2 Å². The molecule has 0 saturated carbocycles. The molecular weight excluding hydrogens is 338 g/mol. The standard InChI is InChI=1S/C18H23N3O5/c1-3-25-17(23)12-5-4-8-21(10-12)18(24)19-13-6-7-15-14(9-13)20-16(22)11(2)26-15/h6-7,9,11-12H,3-5,8,10H2,1-2H3,(H,19,24)(H,20,22)/t11-,12-/m0/s1. The molecule has 3 amide bonds. The number of hydrogen-bond acceptors (Lipinski definition) is 5. The third kappa shape index (κ3) is 3.89. The number of esters is 1. The van der Waals surface area contributed by atoms with Crippen LogP contribution in [0, 0.1) is 5.92 Å². The zero-order valence-corrected chi connectivity index (χ0v) is 14.9. The van der Waals surface area contributed by atoms with Crippen LogP contribution in [0.4, 0.5) is 16.2 Å². The Kier molecular flexibility index (Phi) is 5.29. The van der Waals surface area contributed by atoms with Crippen LogP contribution in [-0.2, 0) is 14.3 Å². The Morgan fingerprint density at radius 3 is 3.00 bits per heavy atom. The van der Waals surface area contributed by atoms with Gasteiger partial charge in [0.2, 0.25) is 0 Å². The predicted octanol–water partition coefficient (Wildman–Crippen LogP) is 2.21. The zero-order valence-electron chi connectivity index (χ0n) is 14.9. The molecule has 1 saturated heterocycles. The molecule has 1 aromatic rings. The van der Waals surface area contributed by atoms with Gasteiger partial charge >= 0.3 is 12.0 Å². The van der Waals surface area contributed by atoms with Gasteiger partial charge in [0.15, 0.2) is 6.10 Å². The number of ether oxygens (including phenoxy) is 2. The molecule has 0 aromatic heterocycles. The van der Waals surface area contributed by atoms with E-state index in [1.807, 2.05) is 0 Å². The Labute approximate surface area is 151 Å². The Morgan fingerprint density at radius 1 is 1.42 bits per heavy atom. The van der Waals surface area contributed by atoms with E-state index in [0.29, 0.717) is 36.8 Å². The smallest absolute Gasteiger partial charge is 0.321 e. The summed E-state index contributed by atoms with van der Waals surface area (Å²) in [6.45, 7) is 4.70. The Balaban J connectivity index is 1.64. The van der Waals surface area contributed by atoms with Crippen LogP contribution in [0.1, 0.15) is 26.7 Å². The summed E-state index contributed by atoms with van der Waals surface area (Å²) >= 11 is 0. The summed E-state index contributed by atoms with van der Waals surface area (Å²) in [5.41, 5.74) is 1.07. The molecule has 0 unspecified atom stereocenters. The number of carbonyl (C=O) groups is 3. The molecule has 0 bridgehead atoms. The summed E-state index contributed by atoms with van der Waals surface area (Å²) < 4.78 is 10.6. The zero-order chi connectivity index (χ0) is 18.7. The van der Waals surface area contributed by atoms with Crippen LogP contribution in [0.3, 0.4) is 0 Å². The lowest BCUT2D eigenvalue weighted by Gasteiger charge is -2.31. The highest BCUT2D eigenvalue weighted by Crippen LogP contribution is 2.32. The maximum absolute atomic E-state index is 12.5. The first kappa shape index (κ1) is 18.0. The van der Waals surface area contributed by atoms with E-state index in [2.05, 4.69) is 10.6 Å². The highest BCUT2D eigenvalue weighted by atomic mass is 16.5. The Morgan fingerprint density at radius 2 is 2.23 bits per heavy atom. The first-order valence-electron chi connectivity index (χ1n) is 8.82. The van der Waals surface area contributed by atoms with Crippen LogP contribution in [0.2, 0.25) is 0 Å². The number of rotatable bonds is 3. The van der Waals surface area contributed by atoms with E-state index >= 15 is 0 Å². The first-order chi connectivity index (χ1) is 12.5. The second-order valence-corrected chi connectivity index (χ2v) is 6.43. The number of anilines is 2. The van der Waals surface area contributed by atoms with Crippen LogP contribution in [0.15, 0.2) is 18.2 Å². The number of hydrogen-bond donors (Lipinski definition) is 2. The minimum Gasteiger partial charge on any atom is -0.479 e. The third-order valence-electron chi connectivity index (χ3n) is 4.49. The molecule has 1 aromatic carbocycles. The summed E-state index contributed by atoms with van der Waals surface area (Å²) in [7, 11) is 0. The van der Waals surface area contributed by atoms with E-state index < -0.39 is 6.10 Å². The summed E-state index contributed by atoms with van der Waals surface area (Å²) in [4.78, 5) is 37.8. The van der Waals surface area contributed by atoms with Crippen molar-refractivity contribution in [2.45, 2.75) is 32.8 Å². The van der Waals surface area contributed by atoms with Gasteiger partial charge in [0, 0.05) is 18.8 Å². The monoisotopic (exact) mass is 361 g/mol. The van der Waals surface area contributed by atoms with Crippen molar-refractivity contribution in [2.24, 2.45) is 5.92 Å². The van der Waals surface area contributed by atoms with Gasteiger partial charge < -0.3 is 25.0 Å². The SMILES string of the molecule is CCOC(=O)[C@H]1CCCN(C(=O)Nc2ccc3c(c2)NC(=O)[C@H](C)O3)C1. The van der Waals surface area contributed by atoms with Crippen molar-refractivity contribution >= 4 is 29.3 Å². The van der Waals surface area contributed by atoms with Crippen LogP contribution in [0.25, 0.3) is 0 Å². The summed E-state index contributed by atoms with van der Waals surface area (Å²) in [5.74, 6) is -0.204. The highest BCUT2D eigenvalue weighted by Gasteiger charge is 2.30. The molecule has 2 aliphatic rings. The van der Waals surface area contributed by atoms with E-state index in [9.17, 15) is 14.4 Å². The second-order valence-electron chi connectivity index (χ2n) is 6.43. The normalized spacial score (nSPS) is 21.9. The molecule has 1 fully saturated rings. The molecular formula is C18H23N3O5. The highest BCUT2D eigenvalue weighted by molar-refractivity contribution is 5.99. The van der Waals surface area contributed by atoms with Crippen molar-refractivity contribution in [2.75, 3.05) is 30.3 Å². The lowest BCUT2D eigenvalue weighted by atomic mass is 9.98. The van der Waals surface area contributed by atoms with E-state index in [1.54, 1.807) is 36.9 Å². The van der Waals surface area contributed by atoms with Crippen LogP contribution >= 0.6 is 0 Å². The maximum atomic E-state index is 12.5. The van der Waals surface area contributed by atoms with Gasteiger partial charge in [0.1, 0.15) is 5.75 Å². The molecule has 2 heterocycles. The fourth-order valence-electron chi connectivity index (χ4n) is 3.10. The van der Waals surface area contributed by atoms with E-state index in [0.717, 1.165) is 12.8 Å². The van der Waals surface area contributed by atoms with Gasteiger partial charge in [-0.05, 0) is 44.9 Å². The summed E-state index contributed by atoms with van der Waals surface area (Å²) in [6.07, 6.45) is 0.933. The number of nitrogens with zero attached hydrogens (tertiary/aromatic N) is 1. The molecule has 140 valence electrons. The molecule has 8 heteroatoms. The molecule has 26 heavy (non-hydrogen) atoms. The van der Waals surface area contributed by atoms with E-state index in [1.165, 1.54) is 0 Å². The number of benzene rings is 1. The quantitative estimate of drug-likeness (QED) is 0.805. The third-order valence-corrected chi connectivity index (χ3v) is 4.49. The number of fused-ring (bicyclic) bond motifs is 1. The van der Waals surface area contributed by atoms with Crippen molar-refractivity contribution in [3.63, 3.8) is 0 Å². The van der Waals surface area contributed by atoms with Gasteiger partial charge in [-0.25, -0.2) is 4.79 Å². The Hall–Kier alpha value is -2.77. The fraction of sp³-hybridized carbons (Fsp3) is 0.500. The van der Waals surface area contributed by atoms with Crippen LogP contribution in [0.5, 0.6) is 5.75 Å². The van der Waals surface area contributed by atoms with Crippen molar-refractivity contribution in [1.29, 1.82) is 0 Å². The average Bonchev–Trinajstić information content (AvgIpc) is 2.63. The van der Waals surface area contributed by atoms with Gasteiger partial charge in [-0.2, -0.15) is 0 Å². The summed E-state index contributed by atoms with van der Waals surface area (Å²) in [5, 5.41) is 5.56. The maximum Gasteiger partial charge on any atom is 0.321 e. The molecule has 8 nitrogen and oxygen atoms in total. The molecule has 2 N–H and O–H groups in total. The molecule has 2 atom stereocenters. The number of nitrogens with one attached hydrogen (secondary N) is 2. The number of likely N-dealkylation sites (tertiary alicyclic amines) is 1. The molecule has 3 rings (SSSR count). The van der Waals surface area contributed by atoms with Crippen molar-refractivity contribution in [3.8, 4) is 5.75 Å². The number of amides is 3. The first-order valence-corrected chi connectivity index (χ1v) is 8.82. The number of carbonyl (C=O) groups excluding carboxylic acids is 3. The van der Waals surface area contributed by atoms with Crippen molar-refractivity contribution in [1.82, 2.24) is 4.90 Å². The second kappa shape index (κ2) is 7.63. The molecule has 0 aliphatic carbocycles. The van der Waals surface area contributed by atoms with Crippen molar-refractivity contribution in [3.05, 3.63) is 18.2 Å². The van der Waals surface area contributed by atoms with Crippen LogP contribution in [-0.4, -0.2) is 48.6 Å². The van der Waals surface area contributed by atoms with Gasteiger partial charge in [-0.1, -0.05) is 0 Å². The van der Waals surface area contributed by atoms with E-state index in [-0.39, 0.29) is 23.8 Å². The Bertz CT molecular complexity index is 721. The summed E-state index contributed by atoms with van der Waals surface area (Å²) in [6, 6.07) is 4.80. The minimum absolute atomic E-state index is 0.228. The molecule has 2 aliphatic heterocycles.